The number of anilines is 1. The fraction of sp³-hybridized carbons (Fsp3) is 0.250. The number of pyridine rings is 2. The molecule has 0 radical (unpaired) electrons. The maximum absolute atomic E-state index is 5.57. The van der Waals surface area contributed by atoms with Crippen molar-refractivity contribution in [1.82, 2.24) is 20.2 Å². The molecule has 1 aliphatic heterocycles. The summed E-state index contributed by atoms with van der Waals surface area (Å²) in [6.07, 6.45) is 5.54. The van der Waals surface area contributed by atoms with Crippen molar-refractivity contribution >= 4 is 58.7 Å². The summed E-state index contributed by atoms with van der Waals surface area (Å²) in [4.78, 5) is 13.3. The Balaban J connectivity index is 0.00000140. The number of piperazine rings is 1. The van der Waals surface area contributed by atoms with Gasteiger partial charge in [0.1, 0.15) is 0 Å². The average Bonchev–Trinajstić information content (AvgIpc) is 2.72. The summed E-state index contributed by atoms with van der Waals surface area (Å²) >= 11 is 5.57. The van der Waals surface area contributed by atoms with Crippen LogP contribution in [0.4, 0.5) is 5.69 Å². The van der Waals surface area contributed by atoms with E-state index in [0.717, 1.165) is 42.4 Å². The molecule has 0 spiro atoms. The number of para-hydroxylation sites is 1. The summed E-state index contributed by atoms with van der Waals surface area (Å²) < 4.78 is 0. The molecule has 28 heavy (non-hydrogen) atoms. The van der Waals surface area contributed by atoms with Gasteiger partial charge in [-0.1, -0.05) is 24.3 Å². The third-order valence-corrected chi connectivity index (χ3v) is 5.10. The Bertz CT molecular complexity index is 896. The van der Waals surface area contributed by atoms with E-state index in [1.165, 1.54) is 11.1 Å². The molecule has 4 rings (SSSR count). The number of thiocarbonyl (C=S) groups is 1. The molecule has 1 N–H and O–H groups in total. The second-order valence-electron chi connectivity index (χ2n) is 6.34. The zero-order valence-electron chi connectivity index (χ0n) is 15.3. The van der Waals surface area contributed by atoms with Crippen LogP contribution in [0.25, 0.3) is 10.9 Å². The Morgan fingerprint density at radius 2 is 1.75 bits per heavy atom. The van der Waals surface area contributed by atoms with Gasteiger partial charge in [0.2, 0.25) is 0 Å². The highest BCUT2D eigenvalue weighted by Gasteiger charge is 2.20. The molecule has 5 nitrogen and oxygen atoms in total. The Labute approximate surface area is 183 Å². The molecule has 1 aliphatic rings. The number of nitrogens with one attached hydrogen (secondary N) is 1. The van der Waals surface area contributed by atoms with E-state index in [4.69, 9.17) is 12.2 Å². The first-order chi connectivity index (χ1) is 12.8. The minimum Gasteiger partial charge on any atom is -0.367 e. The number of nitrogens with zero attached hydrogens (tertiary/aromatic N) is 4. The molecule has 0 amide bonds. The number of benzene rings is 1. The highest BCUT2D eigenvalue weighted by atomic mass is 35.5. The summed E-state index contributed by atoms with van der Waals surface area (Å²) in [7, 11) is 0. The molecular weight excluding hydrogens is 413 g/mol. The molecule has 0 bridgehead atoms. The van der Waals surface area contributed by atoms with Crippen LogP contribution >= 0.6 is 37.0 Å². The van der Waals surface area contributed by atoms with Crippen LogP contribution in [0.3, 0.4) is 0 Å². The number of halogens is 2. The second-order valence-corrected chi connectivity index (χ2v) is 6.73. The van der Waals surface area contributed by atoms with Gasteiger partial charge in [-0.15, -0.1) is 24.8 Å². The normalized spacial score (nSPS) is 13.4. The van der Waals surface area contributed by atoms with Gasteiger partial charge in [-0.05, 0) is 36.0 Å². The van der Waals surface area contributed by atoms with Gasteiger partial charge in [-0.3, -0.25) is 9.97 Å². The van der Waals surface area contributed by atoms with E-state index in [9.17, 15) is 0 Å². The minimum atomic E-state index is 0. The fourth-order valence-corrected chi connectivity index (χ4v) is 3.55. The van der Waals surface area contributed by atoms with Crippen LogP contribution in [0.1, 0.15) is 5.56 Å². The van der Waals surface area contributed by atoms with Crippen LogP contribution in [0.15, 0.2) is 61.1 Å². The molecule has 1 fully saturated rings. The number of aromatic nitrogens is 2. The zero-order valence-corrected chi connectivity index (χ0v) is 17.8. The third-order valence-electron chi connectivity index (χ3n) is 4.70. The first-order valence-corrected chi connectivity index (χ1v) is 9.22. The van der Waals surface area contributed by atoms with Gasteiger partial charge in [0.15, 0.2) is 5.11 Å². The molecule has 0 unspecified atom stereocenters. The molecular formula is C20H23Cl2N5S. The van der Waals surface area contributed by atoms with E-state index >= 15 is 0 Å². The van der Waals surface area contributed by atoms with Gasteiger partial charge in [0.05, 0.1) is 5.52 Å². The van der Waals surface area contributed by atoms with Gasteiger partial charge in [-0.25, -0.2) is 0 Å². The lowest BCUT2D eigenvalue weighted by Gasteiger charge is -2.37. The lowest BCUT2D eigenvalue weighted by molar-refractivity contribution is 0.380. The Hall–Kier alpha value is -2.15. The van der Waals surface area contributed by atoms with Crippen molar-refractivity contribution in [2.75, 3.05) is 31.1 Å². The van der Waals surface area contributed by atoms with Crippen LogP contribution in [0.5, 0.6) is 0 Å². The number of fused-ring (bicyclic) bond motifs is 1. The number of hydrogen-bond acceptors (Lipinski definition) is 4. The lowest BCUT2D eigenvalue weighted by atomic mass is 10.1. The minimum absolute atomic E-state index is 0. The van der Waals surface area contributed by atoms with Gasteiger partial charge in [0, 0.05) is 62.4 Å². The van der Waals surface area contributed by atoms with Gasteiger partial charge in [-0.2, -0.15) is 0 Å². The molecule has 148 valence electrons. The summed E-state index contributed by atoms with van der Waals surface area (Å²) in [5.74, 6) is 0. The predicted octanol–water partition coefficient (Wildman–Crippen LogP) is 3.67. The second kappa shape index (κ2) is 10.4. The van der Waals surface area contributed by atoms with Gasteiger partial charge < -0.3 is 15.1 Å². The number of rotatable bonds is 3. The van der Waals surface area contributed by atoms with Crippen molar-refractivity contribution in [2.45, 2.75) is 6.54 Å². The predicted molar refractivity (Wildman–Crippen MR) is 124 cm³/mol. The molecule has 0 saturated carbocycles. The van der Waals surface area contributed by atoms with E-state index in [2.05, 4.69) is 55.4 Å². The van der Waals surface area contributed by atoms with Crippen molar-refractivity contribution in [2.24, 2.45) is 0 Å². The Morgan fingerprint density at radius 1 is 0.964 bits per heavy atom. The molecule has 3 aromatic rings. The van der Waals surface area contributed by atoms with Crippen LogP contribution in [0.2, 0.25) is 0 Å². The molecule has 8 heteroatoms. The first-order valence-electron chi connectivity index (χ1n) is 8.81. The smallest absolute Gasteiger partial charge is 0.169 e. The molecule has 0 aliphatic carbocycles. The van der Waals surface area contributed by atoms with Gasteiger partial charge >= 0.3 is 0 Å². The standard InChI is InChI=1S/C20H21N5S.2ClH/c26-20(23-15-16-4-3-8-21-14-16)25-12-10-24(11-13-25)19-7-9-22-18-6-2-1-5-17(18)19;;/h1-9,14H,10-13,15H2,(H,23,26);2*1H. The Kier molecular flexibility index (Phi) is 8.23. The maximum atomic E-state index is 5.57. The molecule has 1 saturated heterocycles. The van der Waals surface area contributed by atoms with Crippen molar-refractivity contribution in [3.63, 3.8) is 0 Å². The van der Waals surface area contributed by atoms with Crippen LogP contribution in [-0.4, -0.2) is 46.2 Å². The van der Waals surface area contributed by atoms with E-state index in [-0.39, 0.29) is 24.8 Å². The van der Waals surface area contributed by atoms with E-state index in [1.807, 2.05) is 24.5 Å². The summed E-state index contributed by atoms with van der Waals surface area (Å²) in [6, 6.07) is 14.4. The van der Waals surface area contributed by atoms with Crippen molar-refractivity contribution in [1.29, 1.82) is 0 Å². The van der Waals surface area contributed by atoms with Crippen molar-refractivity contribution in [3.05, 3.63) is 66.6 Å². The SMILES string of the molecule is Cl.Cl.S=C(NCc1cccnc1)N1CCN(c2ccnc3ccccc23)CC1. The number of hydrogen-bond donors (Lipinski definition) is 1. The average molecular weight is 436 g/mol. The Morgan fingerprint density at radius 3 is 2.50 bits per heavy atom. The van der Waals surface area contributed by atoms with E-state index in [1.54, 1.807) is 6.20 Å². The highest BCUT2D eigenvalue weighted by molar-refractivity contribution is 7.80. The van der Waals surface area contributed by atoms with Gasteiger partial charge in [0.25, 0.3) is 0 Å². The van der Waals surface area contributed by atoms with Crippen LogP contribution in [-0.2, 0) is 6.54 Å². The molecule has 2 aromatic heterocycles. The topological polar surface area (TPSA) is 44.3 Å². The maximum Gasteiger partial charge on any atom is 0.169 e. The van der Waals surface area contributed by atoms with E-state index in [0.29, 0.717) is 6.54 Å². The van der Waals surface area contributed by atoms with Crippen molar-refractivity contribution in [3.8, 4) is 0 Å². The molecule has 3 heterocycles. The first kappa shape index (κ1) is 22.1. The van der Waals surface area contributed by atoms with Crippen LogP contribution < -0.4 is 10.2 Å². The highest BCUT2D eigenvalue weighted by Crippen LogP contribution is 2.25. The largest absolute Gasteiger partial charge is 0.367 e. The summed E-state index contributed by atoms with van der Waals surface area (Å²) in [5, 5.41) is 5.36. The monoisotopic (exact) mass is 435 g/mol. The molecule has 1 aromatic carbocycles. The van der Waals surface area contributed by atoms with E-state index < -0.39 is 0 Å². The fourth-order valence-electron chi connectivity index (χ4n) is 3.30. The zero-order chi connectivity index (χ0) is 17.8. The third kappa shape index (κ3) is 5.01. The van der Waals surface area contributed by atoms with Crippen LogP contribution in [0, 0.1) is 0 Å². The molecule has 0 atom stereocenters. The van der Waals surface area contributed by atoms with Crippen molar-refractivity contribution < 1.29 is 0 Å². The summed E-state index contributed by atoms with van der Waals surface area (Å²) in [5.41, 5.74) is 3.43. The lowest BCUT2D eigenvalue weighted by Crippen LogP contribution is -2.51. The summed E-state index contributed by atoms with van der Waals surface area (Å²) in [6.45, 7) is 4.43. The quantitative estimate of drug-likeness (QED) is 0.633.